The molecule has 10 heteroatoms. The lowest BCUT2D eigenvalue weighted by molar-refractivity contribution is -0.113. The number of hydrogen-bond acceptors (Lipinski definition) is 6. The van der Waals surface area contributed by atoms with Crippen LogP contribution >= 0.6 is 11.8 Å². The zero-order valence-corrected chi connectivity index (χ0v) is 20.0. The predicted molar refractivity (Wildman–Crippen MR) is 127 cm³/mol. The molecule has 0 saturated heterocycles. The lowest BCUT2D eigenvalue weighted by atomic mass is 10.3. The number of para-hydroxylation sites is 1. The molecule has 1 aromatic heterocycles. The highest BCUT2D eigenvalue weighted by atomic mass is 32.2. The van der Waals surface area contributed by atoms with E-state index in [-0.39, 0.29) is 16.6 Å². The number of carbonyl (C=O) groups is 1. The molecule has 1 N–H and O–H groups in total. The molecule has 0 aliphatic rings. The van der Waals surface area contributed by atoms with Gasteiger partial charge in [0.25, 0.3) is 0 Å². The van der Waals surface area contributed by atoms with Gasteiger partial charge in [0.2, 0.25) is 15.9 Å². The van der Waals surface area contributed by atoms with Crippen LogP contribution in [0.25, 0.3) is 5.69 Å². The van der Waals surface area contributed by atoms with Crippen LogP contribution in [0.3, 0.4) is 0 Å². The monoisotopic (exact) mass is 473 g/mol. The maximum absolute atomic E-state index is 12.6. The lowest BCUT2D eigenvalue weighted by Gasteiger charge is -2.18. The van der Waals surface area contributed by atoms with E-state index in [0.29, 0.717) is 23.9 Å². The molecule has 32 heavy (non-hydrogen) atoms. The van der Waals surface area contributed by atoms with Gasteiger partial charge >= 0.3 is 0 Å². The van der Waals surface area contributed by atoms with E-state index in [2.05, 4.69) is 15.5 Å². The summed E-state index contributed by atoms with van der Waals surface area (Å²) in [6, 6.07) is 16.0. The second-order valence-electron chi connectivity index (χ2n) is 6.87. The first-order valence-corrected chi connectivity index (χ1v) is 12.9. The van der Waals surface area contributed by atoms with Crippen molar-refractivity contribution in [3.05, 3.63) is 60.4 Å². The number of nitrogens with zero attached hydrogens (tertiary/aromatic N) is 4. The summed E-state index contributed by atoms with van der Waals surface area (Å²) in [4.78, 5) is 12.7. The summed E-state index contributed by atoms with van der Waals surface area (Å²) >= 11 is 1.30. The predicted octanol–water partition coefficient (Wildman–Crippen LogP) is 3.59. The molecule has 170 valence electrons. The SMILES string of the molecule is CCc1nnc(SCC(=O)Nc2ccc(S(=O)(=O)N(CC)CC)cc2)n1-c1ccccc1. The van der Waals surface area contributed by atoms with Gasteiger partial charge in [-0.1, -0.05) is 50.7 Å². The average molecular weight is 474 g/mol. The van der Waals surface area contributed by atoms with Crippen LogP contribution in [-0.4, -0.2) is 52.2 Å². The van der Waals surface area contributed by atoms with Gasteiger partial charge in [-0.3, -0.25) is 9.36 Å². The van der Waals surface area contributed by atoms with Crippen molar-refractivity contribution in [3.8, 4) is 5.69 Å². The minimum Gasteiger partial charge on any atom is -0.325 e. The smallest absolute Gasteiger partial charge is 0.243 e. The number of nitrogens with one attached hydrogen (secondary N) is 1. The second-order valence-corrected chi connectivity index (χ2v) is 9.75. The van der Waals surface area contributed by atoms with Crippen molar-refractivity contribution in [3.63, 3.8) is 0 Å². The molecule has 0 saturated carbocycles. The van der Waals surface area contributed by atoms with Crippen LogP contribution in [0.4, 0.5) is 5.69 Å². The third-order valence-corrected chi connectivity index (χ3v) is 7.84. The van der Waals surface area contributed by atoms with Crippen LogP contribution in [0.1, 0.15) is 26.6 Å². The van der Waals surface area contributed by atoms with Crippen molar-refractivity contribution in [2.45, 2.75) is 37.2 Å². The zero-order chi connectivity index (χ0) is 23.1. The van der Waals surface area contributed by atoms with E-state index in [9.17, 15) is 13.2 Å². The van der Waals surface area contributed by atoms with Gasteiger partial charge in [-0.15, -0.1) is 10.2 Å². The summed E-state index contributed by atoms with van der Waals surface area (Å²) < 4.78 is 28.5. The highest BCUT2D eigenvalue weighted by molar-refractivity contribution is 7.99. The molecule has 0 spiro atoms. The molecule has 1 amide bonds. The molecule has 0 aliphatic carbocycles. The molecule has 2 aromatic carbocycles. The molecular formula is C22H27N5O3S2. The Morgan fingerprint density at radius 1 is 1.00 bits per heavy atom. The third-order valence-electron chi connectivity index (χ3n) is 4.84. The van der Waals surface area contributed by atoms with Crippen molar-refractivity contribution in [1.82, 2.24) is 19.1 Å². The standard InChI is InChI=1S/C22H27N5O3S2/c1-4-20-24-25-22(27(20)18-10-8-7-9-11-18)31-16-21(28)23-17-12-14-19(15-13-17)32(29,30)26(5-2)6-3/h7-15H,4-6,16H2,1-3H3,(H,23,28). The number of aromatic nitrogens is 3. The summed E-state index contributed by atoms with van der Waals surface area (Å²) in [5.41, 5.74) is 1.48. The third kappa shape index (κ3) is 5.37. The molecule has 0 atom stereocenters. The van der Waals surface area contributed by atoms with Crippen LogP contribution in [0.5, 0.6) is 0 Å². The minimum atomic E-state index is -3.53. The van der Waals surface area contributed by atoms with E-state index in [1.165, 1.54) is 28.2 Å². The Kier molecular flexibility index (Phi) is 8.05. The lowest BCUT2D eigenvalue weighted by Crippen LogP contribution is -2.30. The van der Waals surface area contributed by atoms with Gasteiger partial charge in [0, 0.05) is 30.9 Å². The molecule has 0 fully saturated rings. The maximum atomic E-state index is 12.6. The first-order valence-electron chi connectivity index (χ1n) is 10.4. The Morgan fingerprint density at radius 2 is 1.66 bits per heavy atom. The van der Waals surface area contributed by atoms with Crippen molar-refractivity contribution >= 4 is 33.4 Å². The van der Waals surface area contributed by atoms with Crippen LogP contribution in [0.15, 0.2) is 64.6 Å². The average Bonchev–Trinajstić information content (AvgIpc) is 3.22. The summed E-state index contributed by atoms with van der Waals surface area (Å²) in [6.45, 7) is 6.42. The molecular weight excluding hydrogens is 446 g/mol. The number of anilines is 1. The molecule has 3 rings (SSSR count). The molecule has 0 radical (unpaired) electrons. The molecule has 0 unspecified atom stereocenters. The fourth-order valence-corrected chi connectivity index (χ4v) is 5.44. The van der Waals surface area contributed by atoms with E-state index < -0.39 is 10.0 Å². The van der Waals surface area contributed by atoms with Crippen molar-refractivity contribution in [2.75, 3.05) is 24.2 Å². The number of aryl methyl sites for hydroxylation is 1. The summed E-state index contributed by atoms with van der Waals surface area (Å²) in [5, 5.41) is 11.9. The number of rotatable bonds is 10. The van der Waals surface area contributed by atoms with E-state index in [4.69, 9.17) is 0 Å². The maximum Gasteiger partial charge on any atom is 0.243 e. The highest BCUT2D eigenvalue weighted by Gasteiger charge is 2.21. The number of hydrogen-bond donors (Lipinski definition) is 1. The minimum absolute atomic E-state index is 0.147. The van der Waals surface area contributed by atoms with Crippen molar-refractivity contribution < 1.29 is 13.2 Å². The Labute approximate surface area is 193 Å². The molecule has 0 bridgehead atoms. The zero-order valence-electron chi connectivity index (χ0n) is 18.4. The first-order chi connectivity index (χ1) is 15.4. The molecule has 3 aromatic rings. The van der Waals surface area contributed by atoms with Crippen LogP contribution < -0.4 is 5.32 Å². The Hall–Kier alpha value is -2.69. The van der Waals surface area contributed by atoms with E-state index in [1.807, 2.05) is 41.8 Å². The van der Waals surface area contributed by atoms with Gasteiger partial charge < -0.3 is 5.32 Å². The van der Waals surface area contributed by atoms with Crippen LogP contribution in [0, 0.1) is 0 Å². The Balaban J connectivity index is 1.66. The van der Waals surface area contributed by atoms with Gasteiger partial charge in [0.05, 0.1) is 10.6 Å². The number of sulfonamides is 1. The van der Waals surface area contributed by atoms with Gasteiger partial charge in [0.1, 0.15) is 5.82 Å². The quantitative estimate of drug-likeness (QED) is 0.452. The number of carbonyl (C=O) groups excluding carboxylic acids is 1. The van der Waals surface area contributed by atoms with Crippen molar-refractivity contribution in [2.24, 2.45) is 0 Å². The van der Waals surface area contributed by atoms with Gasteiger partial charge in [0.15, 0.2) is 5.16 Å². The highest BCUT2D eigenvalue weighted by Crippen LogP contribution is 2.23. The Bertz CT molecular complexity index is 1140. The fraction of sp³-hybridized carbons (Fsp3) is 0.318. The first kappa shape index (κ1) is 24.0. The summed E-state index contributed by atoms with van der Waals surface area (Å²) in [5.74, 6) is 0.757. The number of thioether (sulfide) groups is 1. The van der Waals surface area contributed by atoms with Gasteiger partial charge in [-0.2, -0.15) is 4.31 Å². The van der Waals surface area contributed by atoms with Gasteiger partial charge in [-0.05, 0) is 36.4 Å². The Morgan fingerprint density at radius 3 is 2.25 bits per heavy atom. The molecule has 0 aliphatic heterocycles. The van der Waals surface area contributed by atoms with Crippen LogP contribution in [0.2, 0.25) is 0 Å². The van der Waals surface area contributed by atoms with Gasteiger partial charge in [-0.25, -0.2) is 8.42 Å². The normalized spacial score (nSPS) is 11.6. The van der Waals surface area contributed by atoms with Crippen molar-refractivity contribution in [1.29, 1.82) is 0 Å². The topological polar surface area (TPSA) is 97.2 Å². The molecule has 1 heterocycles. The second kappa shape index (κ2) is 10.8. The van der Waals surface area contributed by atoms with E-state index >= 15 is 0 Å². The largest absolute Gasteiger partial charge is 0.325 e. The molecule has 8 nitrogen and oxygen atoms in total. The number of benzene rings is 2. The fourth-order valence-electron chi connectivity index (χ4n) is 3.21. The summed E-state index contributed by atoms with van der Waals surface area (Å²) in [7, 11) is -3.53. The van der Waals surface area contributed by atoms with E-state index in [0.717, 1.165) is 17.9 Å². The summed E-state index contributed by atoms with van der Waals surface area (Å²) in [6.07, 6.45) is 0.720. The van der Waals surface area contributed by atoms with E-state index in [1.54, 1.807) is 26.0 Å². The van der Waals surface area contributed by atoms with Crippen LogP contribution in [-0.2, 0) is 21.2 Å². The number of amides is 1.